The zero-order valence-electron chi connectivity index (χ0n) is 20.7. The molecule has 7 nitrogen and oxygen atoms in total. The maximum absolute atomic E-state index is 13.3. The van der Waals surface area contributed by atoms with E-state index in [1.165, 1.54) is 10.5 Å². The third kappa shape index (κ3) is 5.44. The molecule has 0 radical (unpaired) electrons. The average Bonchev–Trinajstić information content (AvgIpc) is 2.88. The van der Waals surface area contributed by atoms with Crippen LogP contribution in [0.15, 0.2) is 53.4 Å². The van der Waals surface area contributed by atoms with Gasteiger partial charge in [-0.05, 0) is 42.0 Å². The highest BCUT2D eigenvalue weighted by Gasteiger charge is 2.31. The highest BCUT2D eigenvalue weighted by molar-refractivity contribution is 7.98. The summed E-state index contributed by atoms with van der Waals surface area (Å²) in [5, 5.41) is 7.64. The molecule has 0 spiro atoms. The molecule has 184 valence electrons. The fourth-order valence-corrected chi connectivity index (χ4v) is 5.40. The van der Waals surface area contributed by atoms with Gasteiger partial charge in [-0.3, -0.25) is 14.6 Å². The van der Waals surface area contributed by atoms with E-state index in [9.17, 15) is 4.79 Å². The van der Waals surface area contributed by atoms with Crippen LogP contribution in [0.4, 0.5) is 5.82 Å². The molecular weight excluding hydrogens is 456 g/mol. The van der Waals surface area contributed by atoms with Gasteiger partial charge in [0.2, 0.25) is 5.91 Å². The Hall–Kier alpha value is -2.68. The minimum Gasteiger partial charge on any atom is -0.358 e. The third-order valence-corrected chi connectivity index (χ3v) is 7.74. The van der Waals surface area contributed by atoms with Crippen molar-refractivity contribution in [2.24, 2.45) is 5.92 Å². The van der Waals surface area contributed by atoms with E-state index in [1.807, 2.05) is 24.3 Å². The largest absolute Gasteiger partial charge is 0.358 e. The van der Waals surface area contributed by atoms with Crippen LogP contribution in [0.3, 0.4) is 0 Å². The second-order valence-corrected chi connectivity index (χ2v) is 10.7. The van der Waals surface area contributed by atoms with E-state index in [0.29, 0.717) is 13.1 Å². The number of carbonyl (C=O) groups excluding carboxylic acids is 1. The topological polar surface area (TPSA) is 73.4 Å². The summed E-state index contributed by atoms with van der Waals surface area (Å²) in [5.41, 5.74) is 2.23. The summed E-state index contributed by atoms with van der Waals surface area (Å²) in [6, 6.07) is 16.7. The molecule has 5 rings (SSSR count). The second-order valence-electron chi connectivity index (χ2n) is 9.82. The number of hydrogen-bond acceptors (Lipinski definition) is 7. The Morgan fingerprint density at radius 2 is 1.89 bits per heavy atom. The van der Waals surface area contributed by atoms with Crippen LogP contribution in [0.5, 0.6) is 0 Å². The number of piperazine rings is 1. The highest BCUT2D eigenvalue weighted by Crippen LogP contribution is 2.25. The average molecular weight is 491 g/mol. The maximum Gasteiger partial charge on any atom is 0.242 e. The Bertz CT molecular complexity index is 1180. The van der Waals surface area contributed by atoms with E-state index in [1.54, 1.807) is 11.8 Å². The molecular formula is C27H34N6OS. The Balaban J connectivity index is 1.41. The summed E-state index contributed by atoms with van der Waals surface area (Å²) < 4.78 is 0. The van der Waals surface area contributed by atoms with Crippen LogP contribution in [0.1, 0.15) is 25.2 Å². The summed E-state index contributed by atoms with van der Waals surface area (Å²) in [6.07, 6.45) is 2.10. The van der Waals surface area contributed by atoms with E-state index in [-0.39, 0.29) is 23.9 Å². The summed E-state index contributed by atoms with van der Waals surface area (Å²) >= 11 is 1.77. The van der Waals surface area contributed by atoms with Crippen LogP contribution in [-0.4, -0.2) is 70.2 Å². The zero-order chi connectivity index (χ0) is 24.4. The first-order valence-corrected chi connectivity index (χ1v) is 13.6. The number of fused-ring (bicyclic) bond motifs is 5. The van der Waals surface area contributed by atoms with Crippen molar-refractivity contribution in [3.63, 3.8) is 0 Å². The van der Waals surface area contributed by atoms with Crippen molar-refractivity contribution in [1.29, 1.82) is 0 Å². The molecule has 3 aromatic rings. The molecule has 1 unspecified atom stereocenters. The number of carbonyl (C=O) groups is 1. The van der Waals surface area contributed by atoms with Crippen molar-refractivity contribution < 1.29 is 4.79 Å². The van der Waals surface area contributed by atoms with E-state index in [0.717, 1.165) is 48.7 Å². The number of nitrogens with zero attached hydrogens (tertiary/aromatic N) is 4. The fraction of sp³-hybridized carbons (Fsp3) is 0.444. The number of para-hydroxylation sites is 1. The molecule has 2 atom stereocenters. The van der Waals surface area contributed by atoms with Gasteiger partial charge in [-0.25, -0.2) is 9.97 Å². The molecule has 3 heterocycles. The zero-order valence-corrected chi connectivity index (χ0v) is 21.5. The molecule has 8 heteroatoms. The van der Waals surface area contributed by atoms with Crippen molar-refractivity contribution in [1.82, 2.24) is 25.1 Å². The van der Waals surface area contributed by atoms with Crippen LogP contribution in [-0.2, 0) is 17.9 Å². The predicted octanol–water partition coefficient (Wildman–Crippen LogP) is 3.60. The Labute approximate surface area is 211 Å². The van der Waals surface area contributed by atoms with E-state index >= 15 is 0 Å². The summed E-state index contributed by atoms with van der Waals surface area (Å²) in [4.78, 5) is 29.3. The third-order valence-electron chi connectivity index (χ3n) is 7.00. The lowest BCUT2D eigenvalue weighted by Gasteiger charge is -2.41. The molecule has 2 N–H and O–H groups in total. The first kappa shape index (κ1) is 24.0. The summed E-state index contributed by atoms with van der Waals surface area (Å²) in [7, 11) is 0. The second kappa shape index (κ2) is 10.5. The van der Waals surface area contributed by atoms with Crippen LogP contribution < -0.4 is 10.6 Å². The van der Waals surface area contributed by atoms with Crippen LogP contribution in [0.2, 0.25) is 0 Å². The number of rotatable bonds is 4. The monoisotopic (exact) mass is 490 g/mol. The van der Waals surface area contributed by atoms with Gasteiger partial charge in [-0.1, -0.05) is 38.1 Å². The quantitative estimate of drug-likeness (QED) is 0.542. The van der Waals surface area contributed by atoms with Crippen molar-refractivity contribution in [3.05, 3.63) is 59.9 Å². The van der Waals surface area contributed by atoms with Gasteiger partial charge >= 0.3 is 0 Å². The van der Waals surface area contributed by atoms with Gasteiger partial charge in [0.05, 0.1) is 12.1 Å². The number of anilines is 1. The molecule has 1 fully saturated rings. The van der Waals surface area contributed by atoms with Crippen LogP contribution >= 0.6 is 11.8 Å². The SMILES string of the molecule is CSc1ccc(CN2CCN3Cc4nc(c5ccccc5n4)N[C@@H](C(C)C)C(=O)NCC3C2)cc1. The fourth-order valence-electron chi connectivity index (χ4n) is 4.99. The lowest BCUT2D eigenvalue weighted by Crippen LogP contribution is -2.57. The number of aromatic nitrogens is 2. The molecule has 1 amide bonds. The van der Waals surface area contributed by atoms with Crippen LogP contribution in [0.25, 0.3) is 10.9 Å². The standard InChI is InChI=1S/C27H34N6OS/c1-18(2)25-27(34)28-14-20-16-32(15-19-8-10-21(35-3)11-9-19)12-13-33(20)17-24-29-23-7-5-4-6-22(23)26(30-24)31-25/h4-11,18,20,25H,12-17H2,1-3H3,(H,28,34)(H,29,30,31)/t20?,25-/m0/s1. The predicted molar refractivity (Wildman–Crippen MR) is 142 cm³/mol. The van der Waals surface area contributed by atoms with Crippen molar-refractivity contribution >= 4 is 34.4 Å². The smallest absolute Gasteiger partial charge is 0.242 e. The first-order valence-electron chi connectivity index (χ1n) is 12.4. The van der Waals surface area contributed by atoms with E-state index in [2.05, 4.69) is 64.8 Å². The molecule has 2 bridgehead atoms. The number of nitrogens with one attached hydrogen (secondary N) is 2. The molecule has 1 saturated heterocycles. The molecule has 35 heavy (non-hydrogen) atoms. The van der Waals surface area contributed by atoms with Crippen LogP contribution in [0, 0.1) is 5.92 Å². The number of hydrogen-bond donors (Lipinski definition) is 2. The molecule has 1 aromatic heterocycles. The van der Waals surface area contributed by atoms with Gasteiger partial charge < -0.3 is 10.6 Å². The number of thioether (sulfide) groups is 1. The van der Waals surface area contributed by atoms with Crippen molar-refractivity contribution in [2.75, 3.05) is 37.8 Å². The van der Waals surface area contributed by atoms with Gasteiger partial charge in [-0.2, -0.15) is 0 Å². The first-order chi connectivity index (χ1) is 17.0. The van der Waals surface area contributed by atoms with Gasteiger partial charge in [0.25, 0.3) is 0 Å². The van der Waals surface area contributed by atoms with Gasteiger partial charge in [0.1, 0.15) is 17.7 Å². The molecule has 0 aliphatic carbocycles. The Morgan fingerprint density at radius 3 is 2.66 bits per heavy atom. The molecule has 2 aliphatic rings. The molecule has 2 aromatic carbocycles. The van der Waals surface area contributed by atoms with Gasteiger partial charge in [0, 0.05) is 49.0 Å². The van der Waals surface area contributed by atoms with Gasteiger partial charge in [0.15, 0.2) is 0 Å². The minimum atomic E-state index is -0.359. The lowest BCUT2D eigenvalue weighted by atomic mass is 10.0. The normalized spacial score (nSPS) is 21.8. The highest BCUT2D eigenvalue weighted by atomic mass is 32.2. The van der Waals surface area contributed by atoms with E-state index in [4.69, 9.17) is 9.97 Å². The molecule has 0 saturated carbocycles. The Morgan fingerprint density at radius 1 is 1.09 bits per heavy atom. The summed E-state index contributed by atoms with van der Waals surface area (Å²) in [5.74, 6) is 1.69. The molecule has 2 aliphatic heterocycles. The summed E-state index contributed by atoms with van der Waals surface area (Å²) in [6.45, 7) is 9.11. The minimum absolute atomic E-state index is 0.0240. The lowest BCUT2D eigenvalue weighted by molar-refractivity contribution is -0.123. The maximum atomic E-state index is 13.3. The van der Waals surface area contributed by atoms with Crippen molar-refractivity contribution in [3.8, 4) is 0 Å². The van der Waals surface area contributed by atoms with Crippen molar-refractivity contribution in [2.45, 2.75) is 43.9 Å². The van der Waals surface area contributed by atoms with E-state index < -0.39 is 0 Å². The number of benzene rings is 2. The van der Waals surface area contributed by atoms with Gasteiger partial charge in [-0.15, -0.1) is 11.8 Å². The Kier molecular flexibility index (Phi) is 7.22. The number of amides is 1.